The summed E-state index contributed by atoms with van der Waals surface area (Å²) in [5, 5.41) is 3.33. The Kier molecular flexibility index (Phi) is 10.4. The van der Waals surface area contributed by atoms with Crippen LogP contribution in [0.15, 0.2) is 48.5 Å². The molecule has 1 atom stereocenters. The quantitative estimate of drug-likeness (QED) is 0.450. The lowest BCUT2D eigenvalue weighted by atomic mass is 9.87. The molecule has 2 aromatic rings. The fraction of sp³-hybridized carbons (Fsp3) is 0.481. The van der Waals surface area contributed by atoms with Crippen LogP contribution in [0.1, 0.15) is 58.6 Å². The second-order valence-electron chi connectivity index (χ2n) is 9.89. The maximum absolute atomic E-state index is 13.7. The van der Waals surface area contributed by atoms with Crippen LogP contribution in [0.3, 0.4) is 0 Å². The van der Waals surface area contributed by atoms with Gasteiger partial charge in [0.2, 0.25) is 21.8 Å². The average molecular weight is 536 g/mol. The third kappa shape index (κ3) is 7.96. The van der Waals surface area contributed by atoms with Gasteiger partial charge in [-0.3, -0.25) is 13.9 Å². The number of nitrogens with zero attached hydrogens (tertiary/aromatic N) is 2. The van der Waals surface area contributed by atoms with E-state index in [0.29, 0.717) is 29.2 Å². The lowest BCUT2D eigenvalue weighted by Crippen LogP contribution is -2.52. The maximum atomic E-state index is 13.7. The van der Waals surface area contributed by atoms with Crippen molar-refractivity contribution < 1.29 is 18.0 Å². The first kappa shape index (κ1) is 29.6. The summed E-state index contributed by atoms with van der Waals surface area (Å²) >= 11 is 6.37. The second-order valence-corrected chi connectivity index (χ2v) is 12.2. The first-order valence-corrected chi connectivity index (χ1v) is 14.4. The summed E-state index contributed by atoms with van der Waals surface area (Å²) in [6, 6.07) is 13.5. The summed E-state index contributed by atoms with van der Waals surface area (Å²) in [5.74, 6) is -0.765. The minimum absolute atomic E-state index is 0.0805. The van der Waals surface area contributed by atoms with Gasteiger partial charge in [-0.2, -0.15) is 0 Å². The van der Waals surface area contributed by atoms with E-state index < -0.39 is 28.5 Å². The number of hydrogen-bond acceptors (Lipinski definition) is 4. The summed E-state index contributed by atoms with van der Waals surface area (Å²) in [5.41, 5.74) is 2.01. The molecule has 0 heterocycles. The molecule has 0 fully saturated rings. The van der Waals surface area contributed by atoms with Crippen LogP contribution in [-0.4, -0.2) is 50.5 Å². The number of carbonyl (C=O) groups is 2. The monoisotopic (exact) mass is 535 g/mol. The van der Waals surface area contributed by atoms with Crippen LogP contribution in [0, 0.1) is 0 Å². The van der Waals surface area contributed by atoms with Gasteiger partial charge in [0.15, 0.2) is 0 Å². The van der Waals surface area contributed by atoms with E-state index in [1.807, 2.05) is 32.0 Å². The van der Waals surface area contributed by atoms with Crippen molar-refractivity contribution in [3.63, 3.8) is 0 Å². The highest BCUT2D eigenvalue weighted by Gasteiger charge is 2.32. The number of carbonyl (C=O) groups excluding carboxylic acids is 2. The van der Waals surface area contributed by atoms with E-state index >= 15 is 0 Å². The number of sulfonamides is 1. The number of amides is 2. The Hall–Kier alpha value is -2.58. The standard InChI is InChI=1S/C27H38ClN3O4S/c1-7-17-29-26(33)24(8-2)30(18-20-11-9-10-12-23(20)28)25(32)19-31(36(6,34)35)22-15-13-21(14-16-22)27(3,4)5/h9-16,24H,7-8,17-19H2,1-6H3,(H,29,33). The SMILES string of the molecule is CCCNC(=O)C(CC)N(Cc1ccccc1Cl)C(=O)CN(c1ccc(C(C)(C)C)cc1)S(C)(=O)=O. The van der Waals surface area contributed by atoms with Crippen LogP contribution < -0.4 is 9.62 Å². The molecule has 36 heavy (non-hydrogen) atoms. The third-order valence-electron chi connectivity index (χ3n) is 5.93. The molecule has 0 bridgehead atoms. The molecule has 0 saturated heterocycles. The zero-order chi connectivity index (χ0) is 27.1. The fourth-order valence-electron chi connectivity index (χ4n) is 3.84. The Bertz CT molecular complexity index is 1140. The molecular weight excluding hydrogens is 498 g/mol. The summed E-state index contributed by atoms with van der Waals surface area (Å²) < 4.78 is 26.6. The third-order valence-corrected chi connectivity index (χ3v) is 7.44. The number of rotatable bonds is 11. The fourth-order valence-corrected chi connectivity index (χ4v) is 4.88. The molecule has 1 unspecified atom stereocenters. The van der Waals surface area contributed by atoms with Gasteiger partial charge in [0, 0.05) is 18.1 Å². The second kappa shape index (κ2) is 12.6. The highest BCUT2D eigenvalue weighted by atomic mass is 35.5. The van der Waals surface area contributed by atoms with Crippen molar-refractivity contribution in [2.24, 2.45) is 0 Å². The topological polar surface area (TPSA) is 86.8 Å². The Morgan fingerprint density at radius 3 is 2.14 bits per heavy atom. The van der Waals surface area contributed by atoms with Crippen LogP contribution in [0.4, 0.5) is 5.69 Å². The van der Waals surface area contributed by atoms with Crippen LogP contribution in [0.2, 0.25) is 5.02 Å². The van der Waals surface area contributed by atoms with E-state index in [-0.39, 0.29) is 17.9 Å². The number of nitrogens with one attached hydrogen (secondary N) is 1. The Labute approximate surface area is 220 Å². The molecule has 0 radical (unpaired) electrons. The summed E-state index contributed by atoms with van der Waals surface area (Å²) in [7, 11) is -3.78. The highest BCUT2D eigenvalue weighted by molar-refractivity contribution is 7.92. The predicted molar refractivity (Wildman–Crippen MR) is 147 cm³/mol. The minimum atomic E-state index is -3.78. The largest absolute Gasteiger partial charge is 0.354 e. The summed E-state index contributed by atoms with van der Waals surface area (Å²) in [4.78, 5) is 28.1. The van der Waals surface area contributed by atoms with Gasteiger partial charge in [0.1, 0.15) is 12.6 Å². The zero-order valence-corrected chi connectivity index (χ0v) is 23.6. The normalized spacial score (nSPS) is 12.6. The van der Waals surface area contributed by atoms with Crippen LogP contribution in [0.25, 0.3) is 0 Å². The van der Waals surface area contributed by atoms with Gasteiger partial charge in [-0.05, 0) is 47.6 Å². The van der Waals surface area contributed by atoms with Gasteiger partial charge in [-0.1, -0.05) is 76.6 Å². The molecule has 9 heteroatoms. The molecule has 0 aliphatic carbocycles. The van der Waals surface area contributed by atoms with E-state index in [9.17, 15) is 18.0 Å². The number of hydrogen-bond donors (Lipinski definition) is 1. The summed E-state index contributed by atoms with van der Waals surface area (Å²) in [6.45, 7) is 10.1. The van der Waals surface area contributed by atoms with Crippen LogP contribution in [-0.2, 0) is 31.6 Å². The molecule has 2 aromatic carbocycles. The van der Waals surface area contributed by atoms with E-state index in [4.69, 9.17) is 11.6 Å². The van der Waals surface area contributed by atoms with Crippen molar-refractivity contribution in [3.8, 4) is 0 Å². The molecule has 0 saturated carbocycles. The van der Waals surface area contributed by atoms with Crippen molar-refractivity contribution in [2.75, 3.05) is 23.7 Å². The average Bonchev–Trinajstić information content (AvgIpc) is 2.80. The van der Waals surface area contributed by atoms with Gasteiger partial charge in [-0.25, -0.2) is 8.42 Å². The molecular formula is C27H38ClN3O4S. The first-order chi connectivity index (χ1) is 16.8. The Morgan fingerprint density at radius 1 is 1.03 bits per heavy atom. The first-order valence-electron chi connectivity index (χ1n) is 12.2. The van der Waals surface area contributed by atoms with E-state index in [1.54, 1.807) is 30.3 Å². The smallest absolute Gasteiger partial charge is 0.244 e. The van der Waals surface area contributed by atoms with Crippen molar-refractivity contribution in [1.82, 2.24) is 10.2 Å². The van der Waals surface area contributed by atoms with Crippen molar-refractivity contribution in [2.45, 2.75) is 65.5 Å². The molecule has 0 aliphatic heterocycles. The maximum Gasteiger partial charge on any atom is 0.244 e. The molecule has 2 rings (SSSR count). The molecule has 198 valence electrons. The van der Waals surface area contributed by atoms with E-state index in [0.717, 1.165) is 22.5 Å². The highest BCUT2D eigenvalue weighted by Crippen LogP contribution is 2.27. The molecule has 2 amide bonds. The van der Waals surface area contributed by atoms with Gasteiger partial charge in [0.05, 0.1) is 11.9 Å². The molecule has 7 nitrogen and oxygen atoms in total. The number of benzene rings is 2. The Balaban J connectivity index is 2.44. The van der Waals surface area contributed by atoms with Gasteiger partial charge in [0.25, 0.3) is 0 Å². The molecule has 0 aliphatic rings. The van der Waals surface area contributed by atoms with E-state index in [1.165, 1.54) is 4.90 Å². The lowest BCUT2D eigenvalue weighted by molar-refractivity contribution is -0.140. The van der Waals surface area contributed by atoms with Gasteiger partial charge in [-0.15, -0.1) is 0 Å². The lowest BCUT2D eigenvalue weighted by Gasteiger charge is -2.33. The molecule has 0 spiro atoms. The van der Waals surface area contributed by atoms with Crippen LogP contribution >= 0.6 is 11.6 Å². The zero-order valence-electron chi connectivity index (χ0n) is 22.0. The van der Waals surface area contributed by atoms with Crippen molar-refractivity contribution in [3.05, 3.63) is 64.7 Å². The molecule has 1 N–H and O–H groups in total. The van der Waals surface area contributed by atoms with Gasteiger partial charge < -0.3 is 10.2 Å². The van der Waals surface area contributed by atoms with Crippen molar-refractivity contribution >= 4 is 39.1 Å². The van der Waals surface area contributed by atoms with Crippen LogP contribution in [0.5, 0.6) is 0 Å². The number of halogens is 1. The van der Waals surface area contributed by atoms with Crippen molar-refractivity contribution in [1.29, 1.82) is 0 Å². The summed E-state index contributed by atoms with van der Waals surface area (Å²) in [6.07, 6.45) is 2.19. The minimum Gasteiger partial charge on any atom is -0.354 e. The Morgan fingerprint density at radius 2 is 1.64 bits per heavy atom. The van der Waals surface area contributed by atoms with Gasteiger partial charge >= 0.3 is 0 Å². The van der Waals surface area contributed by atoms with E-state index in [2.05, 4.69) is 26.1 Å². The number of anilines is 1. The molecule has 0 aromatic heterocycles. The predicted octanol–water partition coefficient (Wildman–Crippen LogP) is 4.74.